The summed E-state index contributed by atoms with van der Waals surface area (Å²) >= 11 is 0. The monoisotopic (exact) mass is 659 g/mol. The summed E-state index contributed by atoms with van der Waals surface area (Å²) in [6, 6.07) is 9.52. The lowest BCUT2D eigenvalue weighted by Gasteiger charge is -2.38. The van der Waals surface area contributed by atoms with Crippen molar-refractivity contribution in [2.75, 3.05) is 19.6 Å². The van der Waals surface area contributed by atoms with Gasteiger partial charge in [0.2, 0.25) is 15.9 Å². The molecular formula is C28H30F5N5O6S. The Hall–Kier alpha value is -4.22. The summed E-state index contributed by atoms with van der Waals surface area (Å²) in [6.45, 7) is 1.08. The number of carbonyl (C=O) groups excluding carboxylic acids is 1. The Morgan fingerprint density at radius 1 is 1.02 bits per heavy atom. The number of carbonyl (C=O) groups is 2. The highest BCUT2D eigenvalue weighted by atomic mass is 32.2. The summed E-state index contributed by atoms with van der Waals surface area (Å²) < 4.78 is 93.4. The van der Waals surface area contributed by atoms with E-state index < -0.39 is 57.4 Å². The Balaban J connectivity index is 0.000000355. The number of aliphatic carboxylic acids is 1. The van der Waals surface area contributed by atoms with Crippen LogP contribution < -0.4 is 10.5 Å². The van der Waals surface area contributed by atoms with E-state index >= 15 is 0 Å². The number of ether oxygens (including phenoxy) is 1. The number of halogens is 5. The molecule has 17 heteroatoms. The highest BCUT2D eigenvalue weighted by Gasteiger charge is 2.41. The maximum absolute atomic E-state index is 13.1. The average molecular weight is 660 g/mol. The molecule has 1 saturated heterocycles. The molecule has 0 bridgehead atoms. The van der Waals surface area contributed by atoms with Crippen molar-refractivity contribution in [1.82, 2.24) is 19.2 Å². The second kappa shape index (κ2) is 14.7. The predicted molar refractivity (Wildman–Crippen MR) is 149 cm³/mol. The van der Waals surface area contributed by atoms with E-state index in [9.17, 15) is 45.1 Å². The van der Waals surface area contributed by atoms with Crippen LogP contribution in [0.5, 0.6) is 5.75 Å². The number of piperazine rings is 1. The summed E-state index contributed by atoms with van der Waals surface area (Å²) in [4.78, 5) is 32.8. The number of nitrogens with zero attached hydrogens (tertiary/aromatic N) is 4. The fraction of sp³-hybridized carbons (Fsp3) is 0.357. The minimum absolute atomic E-state index is 0.0622. The quantitative estimate of drug-likeness (QED) is 0.328. The van der Waals surface area contributed by atoms with Crippen molar-refractivity contribution in [1.29, 1.82) is 0 Å². The molecule has 4 rings (SSSR count). The second-order valence-electron chi connectivity index (χ2n) is 9.67. The number of sulfonamides is 1. The number of benzene rings is 2. The van der Waals surface area contributed by atoms with Gasteiger partial charge in [0, 0.05) is 44.4 Å². The lowest BCUT2D eigenvalue weighted by molar-refractivity contribution is -0.274. The van der Waals surface area contributed by atoms with Gasteiger partial charge in [0.1, 0.15) is 18.1 Å². The van der Waals surface area contributed by atoms with E-state index in [1.165, 1.54) is 42.5 Å². The first-order chi connectivity index (χ1) is 21.1. The molecule has 0 saturated carbocycles. The molecule has 1 aliphatic rings. The standard InChI is InChI=1S/C18H17F3N4O6S.C10H13F2N/c19-18(20,21)31-13-1-3-14(4-2-13)32(29,30)25-8-7-24(10-15(25)17(27)28)16(26)9-12-5-6-22-11-23-12;1-2-10(11,12)9-5-3-8(7-13)4-6-9/h1-6,11,15H,7-10H2,(H,27,28);3-6H,2,7,13H2,1H3/t15-;/m1./s1. The van der Waals surface area contributed by atoms with Crippen LogP contribution in [0.25, 0.3) is 0 Å². The van der Waals surface area contributed by atoms with Crippen molar-refractivity contribution in [3.05, 3.63) is 83.9 Å². The minimum atomic E-state index is -4.94. The molecule has 45 heavy (non-hydrogen) atoms. The number of rotatable bonds is 9. The van der Waals surface area contributed by atoms with Crippen LogP contribution >= 0.6 is 0 Å². The number of aromatic nitrogens is 2. The molecule has 2 aromatic carbocycles. The maximum atomic E-state index is 13.1. The van der Waals surface area contributed by atoms with Gasteiger partial charge in [0.15, 0.2) is 0 Å². The van der Waals surface area contributed by atoms with Crippen LogP contribution in [0.3, 0.4) is 0 Å². The molecule has 0 spiro atoms. The van der Waals surface area contributed by atoms with Crippen LogP contribution in [-0.4, -0.2) is 76.6 Å². The third-order valence-electron chi connectivity index (χ3n) is 6.66. The predicted octanol–water partition coefficient (Wildman–Crippen LogP) is 3.55. The SMILES string of the molecule is CCC(F)(F)c1ccc(CN)cc1.O=C(O)[C@H]1CN(C(=O)Cc2ccncn2)CCN1S(=O)(=O)c1ccc(OC(F)(F)F)cc1. The van der Waals surface area contributed by atoms with Gasteiger partial charge in [-0.05, 0) is 35.9 Å². The van der Waals surface area contributed by atoms with Crippen molar-refractivity contribution >= 4 is 21.9 Å². The molecule has 11 nitrogen and oxygen atoms in total. The fourth-order valence-electron chi connectivity index (χ4n) is 4.21. The molecule has 2 heterocycles. The van der Waals surface area contributed by atoms with Crippen LogP contribution in [0, 0.1) is 0 Å². The highest BCUT2D eigenvalue weighted by Crippen LogP contribution is 2.31. The zero-order valence-corrected chi connectivity index (χ0v) is 24.6. The first kappa shape index (κ1) is 35.3. The van der Waals surface area contributed by atoms with Crippen LogP contribution in [-0.2, 0) is 38.5 Å². The van der Waals surface area contributed by atoms with Crippen LogP contribution in [0.2, 0.25) is 0 Å². The van der Waals surface area contributed by atoms with E-state index in [2.05, 4.69) is 14.7 Å². The zero-order chi connectivity index (χ0) is 33.4. The molecule has 3 aromatic rings. The molecule has 1 atom stereocenters. The zero-order valence-electron chi connectivity index (χ0n) is 23.8. The third kappa shape index (κ3) is 9.63. The third-order valence-corrected chi connectivity index (χ3v) is 8.59. The van der Waals surface area contributed by atoms with Crippen LogP contribution in [0.1, 0.15) is 30.2 Å². The number of carboxylic acids is 1. The lowest BCUT2D eigenvalue weighted by Crippen LogP contribution is -2.59. The molecular weight excluding hydrogens is 629 g/mol. The smallest absolute Gasteiger partial charge is 0.480 e. The highest BCUT2D eigenvalue weighted by molar-refractivity contribution is 7.89. The number of carboxylic acid groups (broad SMARTS) is 1. The molecule has 1 fully saturated rings. The van der Waals surface area contributed by atoms with Gasteiger partial charge in [-0.1, -0.05) is 31.2 Å². The van der Waals surface area contributed by atoms with Crippen LogP contribution in [0.4, 0.5) is 22.0 Å². The minimum Gasteiger partial charge on any atom is -0.480 e. The molecule has 244 valence electrons. The van der Waals surface area contributed by atoms with Gasteiger partial charge in [-0.2, -0.15) is 4.31 Å². The molecule has 1 aliphatic heterocycles. The van der Waals surface area contributed by atoms with E-state index in [-0.39, 0.29) is 31.5 Å². The van der Waals surface area contributed by atoms with Gasteiger partial charge in [0.05, 0.1) is 17.0 Å². The average Bonchev–Trinajstić information content (AvgIpc) is 3.01. The van der Waals surface area contributed by atoms with Gasteiger partial charge in [-0.3, -0.25) is 9.59 Å². The lowest BCUT2D eigenvalue weighted by atomic mass is 10.0. The Bertz CT molecular complexity index is 1540. The molecule has 0 unspecified atom stereocenters. The van der Waals surface area contributed by atoms with Crippen molar-refractivity contribution in [2.24, 2.45) is 5.73 Å². The number of hydrogen-bond donors (Lipinski definition) is 2. The molecule has 0 aliphatic carbocycles. The first-order valence-corrected chi connectivity index (χ1v) is 14.8. The van der Waals surface area contributed by atoms with Crippen LogP contribution in [0.15, 0.2) is 72.0 Å². The van der Waals surface area contributed by atoms with Crippen molar-refractivity contribution < 1.29 is 49.8 Å². The largest absolute Gasteiger partial charge is 0.573 e. The fourth-order valence-corrected chi connectivity index (χ4v) is 5.77. The summed E-state index contributed by atoms with van der Waals surface area (Å²) in [5.41, 5.74) is 6.71. The number of nitrogens with two attached hydrogens (primary N) is 1. The van der Waals surface area contributed by atoms with Gasteiger partial charge in [-0.25, -0.2) is 27.2 Å². The van der Waals surface area contributed by atoms with Crippen molar-refractivity contribution in [3.8, 4) is 5.75 Å². The van der Waals surface area contributed by atoms with E-state index in [1.54, 1.807) is 12.1 Å². The van der Waals surface area contributed by atoms with Crippen molar-refractivity contribution in [2.45, 2.75) is 49.5 Å². The van der Waals surface area contributed by atoms with E-state index in [4.69, 9.17) is 5.73 Å². The summed E-state index contributed by atoms with van der Waals surface area (Å²) in [5, 5.41) is 9.57. The van der Waals surface area contributed by atoms with Crippen molar-refractivity contribution in [3.63, 3.8) is 0 Å². The summed E-state index contributed by atoms with van der Waals surface area (Å²) in [6.07, 6.45) is -2.51. The second-order valence-corrected chi connectivity index (χ2v) is 11.6. The Labute approximate surface area is 255 Å². The van der Waals surface area contributed by atoms with Gasteiger partial charge in [-0.15, -0.1) is 13.2 Å². The Morgan fingerprint density at radius 3 is 2.18 bits per heavy atom. The maximum Gasteiger partial charge on any atom is 0.573 e. The molecule has 3 N–H and O–H groups in total. The normalized spacial score (nSPS) is 16.0. The number of alkyl halides is 5. The van der Waals surface area contributed by atoms with E-state index in [0.717, 1.165) is 29.8 Å². The molecule has 1 aromatic heterocycles. The van der Waals surface area contributed by atoms with Gasteiger partial charge >= 0.3 is 12.3 Å². The summed E-state index contributed by atoms with van der Waals surface area (Å²) in [5.74, 6) is -5.23. The molecule has 0 radical (unpaired) electrons. The Morgan fingerprint density at radius 2 is 1.67 bits per heavy atom. The number of hydrogen-bond acceptors (Lipinski definition) is 8. The van der Waals surface area contributed by atoms with Gasteiger partial charge < -0.3 is 20.5 Å². The summed E-state index contributed by atoms with van der Waals surface area (Å²) in [7, 11) is -4.37. The number of amides is 1. The molecule has 1 amide bonds. The van der Waals surface area contributed by atoms with Gasteiger partial charge in [0.25, 0.3) is 5.92 Å². The first-order valence-electron chi connectivity index (χ1n) is 13.4. The van der Waals surface area contributed by atoms with E-state index in [1.807, 2.05) is 0 Å². The topological polar surface area (TPSA) is 156 Å². The Kier molecular flexibility index (Phi) is 11.5. The van der Waals surface area contributed by atoms with E-state index in [0.29, 0.717) is 16.5 Å².